The first kappa shape index (κ1) is 12.1. The third kappa shape index (κ3) is 2.36. The Hall–Kier alpha value is -1.68. The van der Waals surface area contributed by atoms with Gasteiger partial charge in [-0.05, 0) is 36.8 Å². The standard InChI is InChI=1S/C16H19N3O/c1-2-4-13-11(3-1)5-8-14(13)16-18-15(20-19-16)9-10-17-12-6-7-12/h1-4,12,14,17H,5-10H2. The molecule has 0 spiro atoms. The normalized spacial score (nSPS) is 21.1. The Morgan fingerprint density at radius 2 is 2.10 bits per heavy atom. The van der Waals surface area contributed by atoms with Crippen LogP contribution in [0.25, 0.3) is 0 Å². The van der Waals surface area contributed by atoms with Gasteiger partial charge in [0.2, 0.25) is 5.89 Å². The number of benzene rings is 1. The van der Waals surface area contributed by atoms with Gasteiger partial charge in [0.15, 0.2) is 5.82 Å². The average molecular weight is 269 g/mol. The van der Waals surface area contributed by atoms with Gasteiger partial charge in [0.1, 0.15) is 0 Å². The van der Waals surface area contributed by atoms with E-state index in [1.807, 2.05) is 0 Å². The molecule has 0 radical (unpaired) electrons. The van der Waals surface area contributed by atoms with Gasteiger partial charge >= 0.3 is 0 Å². The monoisotopic (exact) mass is 269 g/mol. The first-order chi connectivity index (χ1) is 9.90. The number of aromatic nitrogens is 2. The lowest BCUT2D eigenvalue weighted by Crippen LogP contribution is -2.19. The molecule has 20 heavy (non-hydrogen) atoms. The van der Waals surface area contributed by atoms with Gasteiger partial charge in [0.25, 0.3) is 0 Å². The van der Waals surface area contributed by atoms with Crippen molar-refractivity contribution >= 4 is 0 Å². The molecule has 4 nitrogen and oxygen atoms in total. The third-order valence-corrected chi connectivity index (χ3v) is 4.28. The van der Waals surface area contributed by atoms with Crippen molar-refractivity contribution in [2.45, 2.75) is 44.1 Å². The molecule has 0 aliphatic heterocycles. The Kier molecular flexibility index (Phi) is 3.03. The molecule has 2 aliphatic carbocycles. The zero-order chi connectivity index (χ0) is 13.4. The van der Waals surface area contributed by atoms with Crippen molar-refractivity contribution in [1.29, 1.82) is 0 Å². The summed E-state index contributed by atoms with van der Waals surface area (Å²) in [7, 11) is 0. The van der Waals surface area contributed by atoms with Crippen LogP contribution in [0.4, 0.5) is 0 Å². The van der Waals surface area contributed by atoms with E-state index in [1.54, 1.807) is 0 Å². The number of nitrogens with one attached hydrogen (secondary N) is 1. The summed E-state index contributed by atoms with van der Waals surface area (Å²) >= 11 is 0. The molecule has 0 amide bonds. The van der Waals surface area contributed by atoms with Gasteiger partial charge in [-0.2, -0.15) is 4.98 Å². The predicted octanol–water partition coefficient (Wildman–Crippen LogP) is 2.44. The van der Waals surface area contributed by atoms with Crippen molar-refractivity contribution in [3.05, 3.63) is 47.1 Å². The number of aryl methyl sites for hydroxylation is 1. The lowest BCUT2D eigenvalue weighted by atomic mass is 10.0. The Morgan fingerprint density at radius 3 is 3.00 bits per heavy atom. The Balaban J connectivity index is 1.45. The molecule has 4 heteroatoms. The minimum atomic E-state index is 0.320. The third-order valence-electron chi connectivity index (χ3n) is 4.28. The number of hydrogen-bond acceptors (Lipinski definition) is 4. The summed E-state index contributed by atoms with van der Waals surface area (Å²) < 4.78 is 5.39. The fourth-order valence-corrected chi connectivity index (χ4v) is 3.01. The van der Waals surface area contributed by atoms with E-state index in [2.05, 4.69) is 39.7 Å². The molecule has 1 aromatic carbocycles. The molecule has 2 aromatic rings. The molecule has 1 heterocycles. The fraction of sp³-hybridized carbons (Fsp3) is 0.500. The lowest BCUT2D eigenvalue weighted by Gasteiger charge is -2.05. The molecule has 1 N–H and O–H groups in total. The van der Waals surface area contributed by atoms with Crippen LogP contribution in [-0.2, 0) is 12.8 Å². The Labute approximate surface area is 118 Å². The summed E-state index contributed by atoms with van der Waals surface area (Å²) in [5.41, 5.74) is 2.80. The highest BCUT2D eigenvalue weighted by Crippen LogP contribution is 2.36. The van der Waals surface area contributed by atoms with Gasteiger partial charge in [-0.3, -0.25) is 0 Å². The first-order valence-electron chi connectivity index (χ1n) is 7.54. The van der Waals surface area contributed by atoms with Crippen LogP contribution in [0.3, 0.4) is 0 Å². The van der Waals surface area contributed by atoms with E-state index in [1.165, 1.54) is 24.0 Å². The molecule has 1 atom stereocenters. The largest absolute Gasteiger partial charge is 0.339 e. The number of rotatable bonds is 5. The summed E-state index contributed by atoms with van der Waals surface area (Å²) in [5.74, 6) is 1.94. The molecule has 1 saturated carbocycles. The maximum absolute atomic E-state index is 5.39. The zero-order valence-electron chi connectivity index (χ0n) is 11.5. The SMILES string of the molecule is c1ccc2c(c1)CCC2c1noc(CCNC2CC2)n1. The minimum absolute atomic E-state index is 0.320. The summed E-state index contributed by atoms with van der Waals surface area (Å²) in [5, 5.41) is 7.67. The number of nitrogens with zero attached hydrogens (tertiary/aromatic N) is 2. The van der Waals surface area contributed by atoms with Crippen molar-refractivity contribution in [1.82, 2.24) is 15.5 Å². The van der Waals surface area contributed by atoms with Gasteiger partial charge in [-0.25, -0.2) is 0 Å². The minimum Gasteiger partial charge on any atom is -0.339 e. The zero-order valence-corrected chi connectivity index (χ0v) is 11.5. The number of fused-ring (bicyclic) bond motifs is 1. The topological polar surface area (TPSA) is 51.0 Å². The predicted molar refractivity (Wildman–Crippen MR) is 75.6 cm³/mol. The van der Waals surface area contributed by atoms with Gasteiger partial charge in [-0.1, -0.05) is 29.4 Å². The second-order valence-corrected chi connectivity index (χ2v) is 5.81. The van der Waals surface area contributed by atoms with Crippen LogP contribution in [0.15, 0.2) is 28.8 Å². The van der Waals surface area contributed by atoms with Gasteiger partial charge in [0.05, 0.1) is 0 Å². The first-order valence-corrected chi connectivity index (χ1v) is 7.54. The van der Waals surface area contributed by atoms with Crippen molar-refractivity contribution in [3.63, 3.8) is 0 Å². The maximum atomic E-state index is 5.39. The van der Waals surface area contributed by atoms with Crippen LogP contribution >= 0.6 is 0 Å². The van der Waals surface area contributed by atoms with E-state index in [0.717, 1.165) is 43.6 Å². The molecular formula is C16H19N3O. The molecule has 1 fully saturated rings. The molecule has 0 bridgehead atoms. The fourth-order valence-electron chi connectivity index (χ4n) is 3.01. The van der Waals surface area contributed by atoms with E-state index in [9.17, 15) is 0 Å². The molecule has 1 aromatic heterocycles. The van der Waals surface area contributed by atoms with E-state index in [4.69, 9.17) is 4.52 Å². The number of hydrogen-bond donors (Lipinski definition) is 1. The molecule has 2 aliphatic rings. The van der Waals surface area contributed by atoms with Crippen LogP contribution in [0, 0.1) is 0 Å². The highest BCUT2D eigenvalue weighted by Gasteiger charge is 2.27. The van der Waals surface area contributed by atoms with Crippen LogP contribution < -0.4 is 5.32 Å². The summed E-state index contributed by atoms with van der Waals surface area (Å²) in [6, 6.07) is 9.33. The molecule has 1 unspecified atom stereocenters. The van der Waals surface area contributed by atoms with Gasteiger partial charge in [0, 0.05) is 24.9 Å². The van der Waals surface area contributed by atoms with Crippen molar-refractivity contribution in [3.8, 4) is 0 Å². The van der Waals surface area contributed by atoms with E-state index in [-0.39, 0.29) is 0 Å². The summed E-state index contributed by atoms with van der Waals surface area (Å²) in [6.07, 6.45) is 5.67. The van der Waals surface area contributed by atoms with Crippen molar-refractivity contribution in [2.24, 2.45) is 0 Å². The highest BCUT2D eigenvalue weighted by atomic mass is 16.5. The second kappa shape index (κ2) is 5.02. The van der Waals surface area contributed by atoms with Crippen molar-refractivity contribution in [2.75, 3.05) is 6.54 Å². The summed E-state index contributed by atoms with van der Waals surface area (Å²) in [6.45, 7) is 0.938. The quantitative estimate of drug-likeness (QED) is 0.905. The summed E-state index contributed by atoms with van der Waals surface area (Å²) in [4.78, 5) is 4.59. The van der Waals surface area contributed by atoms with E-state index >= 15 is 0 Å². The lowest BCUT2D eigenvalue weighted by molar-refractivity contribution is 0.369. The Morgan fingerprint density at radius 1 is 1.20 bits per heavy atom. The van der Waals surface area contributed by atoms with Crippen LogP contribution in [0.5, 0.6) is 0 Å². The van der Waals surface area contributed by atoms with Crippen LogP contribution in [0.1, 0.15) is 48.0 Å². The molecule has 104 valence electrons. The Bertz CT molecular complexity index is 603. The molecule has 4 rings (SSSR count). The van der Waals surface area contributed by atoms with Gasteiger partial charge < -0.3 is 9.84 Å². The van der Waals surface area contributed by atoms with E-state index < -0.39 is 0 Å². The smallest absolute Gasteiger partial charge is 0.227 e. The van der Waals surface area contributed by atoms with Crippen molar-refractivity contribution < 1.29 is 4.52 Å². The van der Waals surface area contributed by atoms with Crippen LogP contribution in [0.2, 0.25) is 0 Å². The van der Waals surface area contributed by atoms with E-state index in [0.29, 0.717) is 5.92 Å². The maximum Gasteiger partial charge on any atom is 0.227 e. The average Bonchev–Trinajstić information content (AvgIpc) is 3.01. The molecular weight excluding hydrogens is 250 g/mol. The second-order valence-electron chi connectivity index (χ2n) is 5.81. The molecule has 0 saturated heterocycles. The van der Waals surface area contributed by atoms with Gasteiger partial charge in [-0.15, -0.1) is 0 Å². The van der Waals surface area contributed by atoms with Crippen LogP contribution in [-0.4, -0.2) is 22.7 Å². The highest BCUT2D eigenvalue weighted by molar-refractivity contribution is 5.38.